The Bertz CT molecular complexity index is 727. The van der Waals surface area contributed by atoms with Gasteiger partial charge in [-0.1, -0.05) is 12.1 Å². The van der Waals surface area contributed by atoms with E-state index in [1.54, 1.807) is 11.3 Å². The number of anilines is 2. The van der Waals surface area contributed by atoms with Gasteiger partial charge in [0.1, 0.15) is 0 Å². The van der Waals surface area contributed by atoms with Crippen molar-refractivity contribution in [2.24, 2.45) is 0 Å². The number of likely N-dealkylation sites (tertiary alicyclic amines) is 1. The van der Waals surface area contributed by atoms with Gasteiger partial charge >= 0.3 is 0 Å². The summed E-state index contributed by atoms with van der Waals surface area (Å²) in [5.74, 6) is 0.889. The van der Waals surface area contributed by atoms with E-state index in [1.807, 2.05) is 29.8 Å². The molecule has 0 bridgehead atoms. The van der Waals surface area contributed by atoms with Crippen LogP contribution >= 0.6 is 11.3 Å². The van der Waals surface area contributed by atoms with E-state index >= 15 is 0 Å². The number of aromatic nitrogens is 3. The van der Waals surface area contributed by atoms with Gasteiger partial charge in [-0.25, -0.2) is 9.97 Å². The van der Waals surface area contributed by atoms with Crippen LogP contribution in [0.2, 0.25) is 0 Å². The number of hydrogen-bond acceptors (Lipinski definition) is 6. The van der Waals surface area contributed by atoms with Crippen molar-refractivity contribution in [2.75, 3.05) is 36.8 Å². The van der Waals surface area contributed by atoms with Crippen molar-refractivity contribution in [3.05, 3.63) is 35.8 Å². The Morgan fingerprint density at radius 2 is 2.12 bits per heavy atom. The lowest BCUT2D eigenvalue weighted by Gasteiger charge is -2.32. The van der Waals surface area contributed by atoms with Gasteiger partial charge in [0.05, 0.1) is 11.0 Å². The Hall–Kier alpha value is -2.12. The number of hydrogen-bond donors (Lipinski definition) is 3. The van der Waals surface area contributed by atoms with Crippen LogP contribution in [0.4, 0.5) is 11.1 Å². The van der Waals surface area contributed by atoms with Crippen LogP contribution in [-0.4, -0.2) is 52.1 Å². The Morgan fingerprint density at radius 1 is 1.25 bits per heavy atom. The highest BCUT2D eigenvalue weighted by Gasteiger charge is 2.19. The highest BCUT2D eigenvalue weighted by atomic mass is 32.1. The monoisotopic (exact) mass is 342 g/mol. The van der Waals surface area contributed by atoms with Crippen molar-refractivity contribution in [1.82, 2.24) is 19.9 Å². The third kappa shape index (κ3) is 3.68. The summed E-state index contributed by atoms with van der Waals surface area (Å²) in [6, 6.07) is 8.64. The summed E-state index contributed by atoms with van der Waals surface area (Å²) in [6.45, 7) is 4.26. The smallest absolute Gasteiger partial charge is 0.201 e. The molecular weight excluding hydrogens is 320 g/mol. The summed E-state index contributed by atoms with van der Waals surface area (Å²) in [7, 11) is 0. The zero-order valence-electron chi connectivity index (χ0n) is 13.5. The molecule has 1 aliphatic heterocycles. The summed E-state index contributed by atoms with van der Waals surface area (Å²) in [5, 5.41) is 9.93. The van der Waals surface area contributed by atoms with Crippen LogP contribution < -0.4 is 10.6 Å². The molecule has 0 spiro atoms. The van der Waals surface area contributed by atoms with Gasteiger partial charge in [0, 0.05) is 43.8 Å². The van der Waals surface area contributed by atoms with Gasteiger partial charge in [0.25, 0.3) is 0 Å². The number of piperidine rings is 1. The van der Waals surface area contributed by atoms with Crippen LogP contribution in [0.5, 0.6) is 0 Å². The molecule has 2 aromatic heterocycles. The number of nitrogens with zero attached hydrogens (tertiary/aromatic N) is 3. The molecule has 126 valence electrons. The molecule has 3 N–H and O–H groups in total. The topological polar surface area (TPSA) is 68.9 Å². The molecule has 3 aromatic rings. The van der Waals surface area contributed by atoms with Crippen molar-refractivity contribution in [3.63, 3.8) is 0 Å². The van der Waals surface area contributed by atoms with E-state index < -0.39 is 0 Å². The van der Waals surface area contributed by atoms with E-state index in [1.165, 1.54) is 0 Å². The fourth-order valence-corrected chi connectivity index (χ4v) is 3.70. The maximum Gasteiger partial charge on any atom is 0.201 e. The van der Waals surface area contributed by atoms with Gasteiger partial charge in [0.2, 0.25) is 5.95 Å². The van der Waals surface area contributed by atoms with Crippen LogP contribution in [0.3, 0.4) is 0 Å². The molecule has 1 aliphatic rings. The largest absolute Gasteiger partial charge is 0.360 e. The number of aromatic amines is 1. The number of rotatable bonds is 6. The Labute approximate surface area is 145 Å². The number of fused-ring (bicyclic) bond motifs is 1. The Balaban J connectivity index is 1.22. The fourth-order valence-electron chi connectivity index (χ4n) is 3.15. The number of H-pyrrole nitrogens is 1. The summed E-state index contributed by atoms with van der Waals surface area (Å²) >= 11 is 1.65. The van der Waals surface area contributed by atoms with E-state index in [0.717, 1.165) is 61.1 Å². The van der Waals surface area contributed by atoms with Crippen LogP contribution in [0, 0.1) is 0 Å². The maximum absolute atomic E-state index is 4.61. The van der Waals surface area contributed by atoms with E-state index in [4.69, 9.17) is 0 Å². The van der Waals surface area contributed by atoms with Gasteiger partial charge in [-0.15, -0.1) is 11.3 Å². The van der Waals surface area contributed by atoms with Gasteiger partial charge in [-0.2, -0.15) is 0 Å². The maximum atomic E-state index is 4.61. The first-order valence-electron chi connectivity index (χ1n) is 8.44. The SMILES string of the molecule is c1ccc2[nH]c(NC3CCN(CCNc4nccs4)CC3)nc2c1. The average molecular weight is 342 g/mol. The second kappa shape index (κ2) is 7.19. The predicted octanol–water partition coefficient (Wildman–Crippen LogP) is 3.01. The molecule has 0 radical (unpaired) electrons. The van der Waals surface area contributed by atoms with E-state index in [9.17, 15) is 0 Å². The summed E-state index contributed by atoms with van der Waals surface area (Å²) < 4.78 is 0. The zero-order chi connectivity index (χ0) is 16.2. The normalized spacial score (nSPS) is 16.5. The minimum Gasteiger partial charge on any atom is -0.360 e. The molecule has 1 saturated heterocycles. The highest BCUT2D eigenvalue weighted by Crippen LogP contribution is 2.18. The molecule has 0 aliphatic carbocycles. The van der Waals surface area contributed by atoms with Crippen molar-refractivity contribution in [3.8, 4) is 0 Å². The summed E-state index contributed by atoms with van der Waals surface area (Å²) in [4.78, 5) is 14.7. The van der Waals surface area contributed by atoms with Gasteiger partial charge in [0.15, 0.2) is 5.13 Å². The lowest BCUT2D eigenvalue weighted by Crippen LogP contribution is -2.41. The first-order valence-corrected chi connectivity index (χ1v) is 9.32. The average Bonchev–Trinajstić information content (AvgIpc) is 3.25. The molecule has 4 rings (SSSR count). The first-order chi connectivity index (χ1) is 11.9. The summed E-state index contributed by atoms with van der Waals surface area (Å²) in [6.07, 6.45) is 4.13. The summed E-state index contributed by atoms with van der Waals surface area (Å²) in [5.41, 5.74) is 2.11. The Kier molecular flexibility index (Phi) is 4.62. The van der Waals surface area contributed by atoms with Crippen molar-refractivity contribution in [2.45, 2.75) is 18.9 Å². The van der Waals surface area contributed by atoms with Gasteiger partial charge < -0.3 is 20.5 Å². The molecule has 1 fully saturated rings. The van der Waals surface area contributed by atoms with Crippen LogP contribution in [0.25, 0.3) is 11.0 Å². The molecule has 0 amide bonds. The van der Waals surface area contributed by atoms with Crippen LogP contribution in [0.1, 0.15) is 12.8 Å². The van der Waals surface area contributed by atoms with Crippen LogP contribution in [0.15, 0.2) is 35.8 Å². The Morgan fingerprint density at radius 3 is 2.92 bits per heavy atom. The molecule has 1 aromatic carbocycles. The predicted molar refractivity (Wildman–Crippen MR) is 99.8 cm³/mol. The number of para-hydroxylation sites is 2. The lowest BCUT2D eigenvalue weighted by atomic mass is 10.1. The molecule has 6 nitrogen and oxygen atoms in total. The van der Waals surface area contributed by atoms with E-state index in [0.29, 0.717) is 6.04 Å². The second-order valence-electron chi connectivity index (χ2n) is 6.13. The molecule has 0 atom stereocenters. The zero-order valence-corrected chi connectivity index (χ0v) is 14.4. The van der Waals surface area contributed by atoms with Crippen molar-refractivity contribution < 1.29 is 0 Å². The second-order valence-corrected chi connectivity index (χ2v) is 7.02. The van der Waals surface area contributed by atoms with E-state index in [2.05, 4.69) is 36.6 Å². The number of imidazole rings is 1. The van der Waals surface area contributed by atoms with E-state index in [-0.39, 0.29) is 0 Å². The number of benzene rings is 1. The molecule has 7 heteroatoms. The van der Waals surface area contributed by atoms with Crippen molar-refractivity contribution >= 4 is 33.5 Å². The minimum absolute atomic E-state index is 0.494. The minimum atomic E-state index is 0.494. The molecule has 3 heterocycles. The number of nitrogens with one attached hydrogen (secondary N) is 3. The van der Waals surface area contributed by atoms with Gasteiger partial charge in [-0.05, 0) is 25.0 Å². The molecule has 0 saturated carbocycles. The third-order valence-electron chi connectivity index (χ3n) is 4.45. The highest BCUT2D eigenvalue weighted by molar-refractivity contribution is 7.13. The quantitative estimate of drug-likeness (QED) is 0.642. The fraction of sp³-hybridized carbons (Fsp3) is 0.412. The van der Waals surface area contributed by atoms with Crippen molar-refractivity contribution in [1.29, 1.82) is 0 Å². The lowest BCUT2D eigenvalue weighted by molar-refractivity contribution is 0.226. The van der Waals surface area contributed by atoms with Gasteiger partial charge in [-0.3, -0.25) is 0 Å². The molecule has 24 heavy (non-hydrogen) atoms. The number of thiazole rings is 1. The molecule has 0 unspecified atom stereocenters. The van der Waals surface area contributed by atoms with Crippen LogP contribution in [-0.2, 0) is 0 Å². The standard InChI is InChI=1S/C17H22N6S/c1-2-4-15-14(3-1)21-16(22-15)20-13-5-9-23(10-6-13)11-7-18-17-19-8-12-24-17/h1-4,8,12-13H,5-7,9-11H2,(H,18,19)(H2,20,21,22). The third-order valence-corrected chi connectivity index (χ3v) is 5.19. The molecular formula is C17H22N6S. The first kappa shape index (κ1) is 15.4.